The van der Waals surface area contributed by atoms with Crippen LogP contribution >= 0.6 is 0 Å². The van der Waals surface area contributed by atoms with E-state index in [4.69, 9.17) is 9.88 Å². The first-order chi connectivity index (χ1) is 11.8. The molecule has 0 saturated heterocycles. The molecule has 6 nitrogen and oxygen atoms in total. The second-order valence-electron chi connectivity index (χ2n) is 5.81. The number of amides is 1. The van der Waals surface area contributed by atoms with Crippen molar-refractivity contribution in [1.29, 1.82) is 0 Å². The number of rotatable bonds is 4. The molecule has 0 aliphatic carbocycles. The lowest BCUT2D eigenvalue weighted by Crippen LogP contribution is -2.30. The van der Waals surface area contributed by atoms with Crippen molar-refractivity contribution >= 4 is 22.0 Å². The fourth-order valence-corrected chi connectivity index (χ4v) is 3.08. The quantitative estimate of drug-likeness (QED) is 0.873. The third-order valence-electron chi connectivity index (χ3n) is 3.98. The summed E-state index contributed by atoms with van der Waals surface area (Å²) in [6.07, 6.45) is 1.81. The summed E-state index contributed by atoms with van der Waals surface area (Å²) in [5, 5.41) is 7.97. The Balaban J connectivity index is 1.72. The van der Waals surface area contributed by atoms with Gasteiger partial charge in [0.25, 0.3) is 5.91 Å². The predicted molar refractivity (Wildman–Crippen MR) is 94.3 cm³/mol. The number of hydrogen-bond donors (Lipinski definition) is 2. The minimum atomic E-state index is -3.73. The molecule has 1 amide bonds. The lowest BCUT2D eigenvalue weighted by molar-refractivity contribution is -0.118. The number of benzene rings is 2. The zero-order valence-corrected chi connectivity index (χ0v) is 14.4. The lowest BCUT2D eigenvalue weighted by Gasteiger charge is -2.20. The summed E-state index contributed by atoms with van der Waals surface area (Å²) in [4.78, 5) is 12.5. The smallest absolute Gasteiger partial charge is 0.251 e. The number of nitrogens with one attached hydrogen (secondary N) is 1. The van der Waals surface area contributed by atoms with E-state index in [1.165, 1.54) is 12.1 Å². The highest BCUT2D eigenvalue weighted by Gasteiger charge is 2.19. The van der Waals surface area contributed by atoms with E-state index in [0.29, 0.717) is 5.57 Å². The zero-order chi connectivity index (χ0) is 18.0. The fraction of sp³-hybridized carbons (Fsp3) is 0.167. The maximum absolute atomic E-state index is 12.4. The van der Waals surface area contributed by atoms with Crippen LogP contribution in [0.25, 0.3) is 6.08 Å². The Morgan fingerprint density at radius 3 is 2.52 bits per heavy atom. The average Bonchev–Trinajstić information content (AvgIpc) is 2.60. The van der Waals surface area contributed by atoms with Crippen LogP contribution in [0.4, 0.5) is 0 Å². The van der Waals surface area contributed by atoms with Crippen LogP contribution in [0.5, 0.6) is 5.75 Å². The number of fused-ring (bicyclic) bond motifs is 1. The van der Waals surface area contributed by atoms with E-state index < -0.39 is 10.0 Å². The van der Waals surface area contributed by atoms with Gasteiger partial charge in [0.2, 0.25) is 10.0 Å². The number of primary sulfonamides is 1. The second kappa shape index (κ2) is 6.70. The monoisotopic (exact) mass is 358 g/mol. The predicted octanol–water partition coefficient (Wildman–Crippen LogP) is 1.99. The molecule has 3 rings (SSSR count). The van der Waals surface area contributed by atoms with E-state index in [1.54, 1.807) is 12.1 Å². The first-order valence-corrected chi connectivity index (χ1v) is 9.25. The summed E-state index contributed by atoms with van der Waals surface area (Å²) < 4.78 is 28.2. The Kier molecular flexibility index (Phi) is 4.61. The number of sulfonamides is 1. The molecule has 1 atom stereocenters. The Labute approximate surface area is 146 Å². The molecule has 0 radical (unpaired) electrons. The van der Waals surface area contributed by atoms with Crippen molar-refractivity contribution in [3.05, 3.63) is 65.2 Å². The summed E-state index contributed by atoms with van der Waals surface area (Å²) in [5.74, 6) is 0.531. The molecule has 25 heavy (non-hydrogen) atoms. The van der Waals surface area contributed by atoms with Crippen molar-refractivity contribution in [2.45, 2.75) is 17.9 Å². The van der Waals surface area contributed by atoms with Crippen molar-refractivity contribution in [1.82, 2.24) is 5.32 Å². The van der Waals surface area contributed by atoms with E-state index in [-0.39, 0.29) is 23.5 Å². The summed E-state index contributed by atoms with van der Waals surface area (Å²) in [7, 11) is -3.73. The van der Waals surface area contributed by atoms with Gasteiger partial charge >= 0.3 is 0 Å². The third-order valence-corrected chi connectivity index (χ3v) is 4.91. The van der Waals surface area contributed by atoms with Crippen LogP contribution < -0.4 is 15.2 Å². The standard InChI is InChI=1S/C18H18N2O4S/c1-12(13-6-8-16(9-7-13)25(19,22)23)20-18(21)15-10-14-4-2-3-5-17(14)24-11-15/h2-10,12H,11H2,1H3,(H,20,21)(H2,19,22,23). The van der Waals surface area contributed by atoms with Crippen molar-refractivity contribution in [2.75, 3.05) is 6.61 Å². The molecule has 7 heteroatoms. The van der Waals surface area contributed by atoms with E-state index >= 15 is 0 Å². The molecule has 1 aliphatic rings. The maximum Gasteiger partial charge on any atom is 0.251 e. The molecule has 1 aliphatic heterocycles. The normalized spacial score (nSPS) is 14.7. The van der Waals surface area contributed by atoms with E-state index in [1.807, 2.05) is 37.3 Å². The van der Waals surface area contributed by atoms with Crippen LogP contribution in [-0.4, -0.2) is 20.9 Å². The molecule has 1 heterocycles. The Bertz CT molecular complexity index is 934. The van der Waals surface area contributed by atoms with Crippen molar-refractivity contribution in [3.63, 3.8) is 0 Å². The van der Waals surface area contributed by atoms with Crippen molar-refractivity contribution in [3.8, 4) is 5.75 Å². The minimum Gasteiger partial charge on any atom is -0.488 e. The van der Waals surface area contributed by atoms with E-state index in [9.17, 15) is 13.2 Å². The Hall–Kier alpha value is -2.64. The second-order valence-corrected chi connectivity index (χ2v) is 7.37. The van der Waals surface area contributed by atoms with Gasteiger partial charge in [-0.15, -0.1) is 0 Å². The maximum atomic E-state index is 12.4. The van der Waals surface area contributed by atoms with Gasteiger partial charge in [0.05, 0.1) is 16.5 Å². The molecular formula is C18H18N2O4S. The highest BCUT2D eigenvalue weighted by molar-refractivity contribution is 7.89. The van der Waals surface area contributed by atoms with Crippen LogP contribution in [0.3, 0.4) is 0 Å². The van der Waals surface area contributed by atoms with Crippen LogP contribution in [0, 0.1) is 0 Å². The van der Waals surface area contributed by atoms with Crippen molar-refractivity contribution in [2.24, 2.45) is 5.14 Å². The van der Waals surface area contributed by atoms with Gasteiger partial charge in [-0.05, 0) is 36.8 Å². The summed E-state index contributed by atoms with van der Waals surface area (Å²) in [5.41, 5.74) is 2.18. The number of ether oxygens (including phenoxy) is 1. The van der Waals surface area contributed by atoms with Gasteiger partial charge in [0.1, 0.15) is 12.4 Å². The zero-order valence-electron chi connectivity index (χ0n) is 13.6. The molecular weight excluding hydrogens is 340 g/mol. The number of carbonyl (C=O) groups is 1. The molecule has 3 N–H and O–H groups in total. The summed E-state index contributed by atoms with van der Waals surface area (Å²) in [6.45, 7) is 2.03. The van der Waals surface area contributed by atoms with Crippen LogP contribution in [0.1, 0.15) is 24.1 Å². The number of nitrogens with two attached hydrogens (primary N) is 1. The first-order valence-electron chi connectivity index (χ1n) is 7.70. The van der Waals surface area contributed by atoms with Gasteiger partial charge in [-0.1, -0.05) is 30.3 Å². The number of carbonyl (C=O) groups excluding carboxylic acids is 1. The molecule has 0 fully saturated rings. The third kappa shape index (κ3) is 3.89. The molecule has 1 unspecified atom stereocenters. The molecule has 0 aromatic heterocycles. The number of hydrogen-bond acceptors (Lipinski definition) is 4. The van der Waals surface area contributed by atoms with E-state index in [2.05, 4.69) is 5.32 Å². The van der Waals surface area contributed by atoms with Crippen molar-refractivity contribution < 1.29 is 17.9 Å². The van der Waals surface area contributed by atoms with Gasteiger partial charge in [-0.3, -0.25) is 4.79 Å². The Morgan fingerprint density at radius 2 is 1.84 bits per heavy atom. The van der Waals surface area contributed by atoms with E-state index in [0.717, 1.165) is 16.9 Å². The number of para-hydroxylation sites is 1. The molecule has 0 bridgehead atoms. The van der Waals surface area contributed by atoms with Gasteiger partial charge < -0.3 is 10.1 Å². The average molecular weight is 358 g/mol. The summed E-state index contributed by atoms with van der Waals surface area (Å²) >= 11 is 0. The highest BCUT2D eigenvalue weighted by Crippen LogP contribution is 2.26. The molecule has 2 aromatic rings. The first kappa shape index (κ1) is 17.2. The Morgan fingerprint density at radius 1 is 1.16 bits per heavy atom. The molecule has 0 saturated carbocycles. The largest absolute Gasteiger partial charge is 0.488 e. The minimum absolute atomic E-state index is 0.0368. The molecule has 2 aromatic carbocycles. The molecule has 0 spiro atoms. The van der Waals surface area contributed by atoms with Gasteiger partial charge in [-0.25, -0.2) is 13.6 Å². The fourth-order valence-electron chi connectivity index (χ4n) is 2.57. The van der Waals surface area contributed by atoms with Gasteiger partial charge in [-0.2, -0.15) is 0 Å². The van der Waals surface area contributed by atoms with Crippen LogP contribution in [0.15, 0.2) is 59.0 Å². The molecule has 130 valence electrons. The van der Waals surface area contributed by atoms with Gasteiger partial charge in [0, 0.05) is 5.56 Å². The topological polar surface area (TPSA) is 98.5 Å². The summed E-state index contributed by atoms with van der Waals surface area (Å²) in [6, 6.07) is 13.3. The SMILES string of the molecule is CC(NC(=O)C1=Cc2ccccc2OC1)c1ccc(S(N)(=O)=O)cc1. The van der Waals surface area contributed by atoms with Crippen LogP contribution in [0.2, 0.25) is 0 Å². The lowest BCUT2D eigenvalue weighted by atomic mass is 10.1. The van der Waals surface area contributed by atoms with Gasteiger partial charge in [0.15, 0.2) is 0 Å². The highest BCUT2D eigenvalue weighted by atomic mass is 32.2. The van der Waals surface area contributed by atoms with Crippen LogP contribution in [-0.2, 0) is 14.8 Å².